The molecule has 1 aliphatic rings. The molecule has 1 aromatic heterocycles. The van der Waals surface area contributed by atoms with Crippen molar-refractivity contribution in [3.05, 3.63) is 27.5 Å². The number of fused-ring (bicyclic) bond motifs is 1. The molecule has 0 spiro atoms. The number of rotatable bonds is 2. The fraction of sp³-hybridized carbons (Fsp3) is 0.615. The maximum absolute atomic E-state index is 12.1. The Bertz CT molecular complexity index is 464. The molecule has 1 aliphatic heterocycles. The number of nitrogens with two attached hydrogens (primary N) is 1. The molecule has 17 heavy (non-hydrogen) atoms. The van der Waals surface area contributed by atoms with E-state index in [9.17, 15) is 4.79 Å². The molecule has 1 aromatic rings. The minimum atomic E-state index is 0.114. The molecule has 0 atom stereocenters. The van der Waals surface area contributed by atoms with Crippen molar-refractivity contribution >= 4 is 5.82 Å². The van der Waals surface area contributed by atoms with Gasteiger partial charge in [0.25, 0.3) is 5.56 Å². The van der Waals surface area contributed by atoms with Crippen molar-refractivity contribution in [3.63, 3.8) is 0 Å². The molecule has 0 amide bonds. The molecular formula is C13H21N3O. The topological polar surface area (TPSA) is 51.3 Å². The van der Waals surface area contributed by atoms with Crippen molar-refractivity contribution < 1.29 is 0 Å². The molecule has 4 nitrogen and oxygen atoms in total. The van der Waals surface area contributed by atoms with Gasteiger partial charge in [0.15, 0.2) is 0 Å². The third-order valence-corrected chi connectivity index (χ3v) is 3.55. The van der Waals surface area contributed by atoms with E-state index in [4.69, 9.17) is 5.73 Å². The third kappa shape index (κ3) is 2.09. The average molecular weight is 235 g/mol. The number of aryl methyl sites for hydroxylation is 1. The van der Waals surface area contributed by atoms with Crippen LogP contribution in [-0.4, -0.2) is 18.2 Å². The van der Waals surface area contributed by atoms with Crippen molar-refractivity contribution in [1.82, 2.24) is 4.57 Å². The van der Waals surface area contributed by atoms with Gasteiger partial charge in [-0.2, -0.15) is 0 Å². The van der Waals surface area contributed by atoms with E-state index in [1.807, 2.05) is 4.57 Å². The van der Waals surface area contributed by atoms with Crippen LogP contribution in [-0.2, 0) is 19.5 Å². The van der Waals surface area contributed by atoms with Gasteiger partial charge in [0.1, 0.15) is 5.82 Å². The number of nitrogens with zero attached hydrogens (tertiary/aromatic N) is 2. The summed E-state index contributed by atoms with van der Waals surface area (Å²) in [5.41, 5.74) is 8.22. The highest BCUT2D eigenvalue weighted by Crippen LogP contribution is 2.24. The first-order valence-electron chi connectivity index (χ1n) is 6.35. The van der Waals surface area contributed by atoms with Crippen molar-refractivity contribution in [2.75, 3.05) is 18.5 Å². The molecule has 2 heterocycles. The van der Waals surface area contributed by atoms with Crippen molar-refractivity contribution in [1.29, 1.82) is 0 Å². The lowest BCUT2D eigenvalue weighted by Gasteiger charge is -2.24. The van der Waals surface area contributed by atoms with E-state index in [-0.39, 0.29) is 5.56 Å². The molecule has 94 valence electrons. The van der Waals surface area contributed by atoms with Crippen molar-refractivity contribution in [2.45, 2.75) is 39.3 Å². The van der Waals surface area contributed by atoms with Crippen LogP contribution in [0.2, 0.25) is 0 Å². The lowest BCUT2D eigenvalue weighted by Crippen LogP contribution is -2.30. The summed E-state index contributed by atoms with van der Waals surface area (Å²) in [5, 5.41) is 0. The van der Waals surface area contributed by atoms with Crippen LogP contribution < -0.4 is 16.2 Å². The second kappa shape index (κ2) is 4.92. The second-order valence-corrected chi connectivity index (χ2v) is 4.65. The highest BCUT2D eigenvalue weighted by atomic mass is 16.1. The first-order valence-corrected chi connectivity index (χ1v) is 6.35. The van der Waals surface area contributed by atoms with E-state index in [0.717, 1.165) is 49.3 Å². The van der Waals surface area contributed by atoms with Gasteiger partial charge in [0, 0.05) is 38.3 Å². The van der Waals surface area contributed by atoms with Crippen LogP contribution in [0.15, 0.2) is 10.9 Å². The van der Waals surface area contributed by atoms with Gasteiger partial charge in [-0.3, -0.25) is 9.36 Å². The zero-order chi connectivity index (χ0) is 12.4. The predicted octanol–water partition coefficient (Wildman–Crippen LogP) is 1.10. The highest BCUT2D eigenvalue weighted by Gasteiger charge is 2.19. The fourth-order valence-corrected chi connectivity index (χ4v) is 2.64. The molecule has 0 saturated heterocycles. The molecule has 0 saturated carbocycles. The van der Waals surface area contributed by atoms with Gasteiger partial charge in [-0.25, -0.2) is 0 Å². The Labute approximate surface area is 102 Å². The molecule has 0 aromatic carbocycles. The summed E-state index contributed by atoms with van der Waals surface area (Å²) in [7, 11) is 2.05. The molecule has 0 fully saturated rings. The smallest absolute Gasteiger partial charge is 0.252 e. The van der Waals surface area contributed by atoms with Crippen LogP contribution in [0.25, 0.3) is 0 Å². The highest BCUT2D eigenvalue weighted by molar-refractivity contribution is 5.51. The SMILES string of the molecule is CCc1cc(=O)n2c(c1CN)N(C)CCCC2. The first kappa shape index (κ1) is 12.2. The normalized spacial score (nSPS) is 15.6. The summed E-state index contributed by atoms with van der Waals surface area (Å²) in [6.07, 6.45) is 3.05. The van der Waals surface area contributed by atoms with Gasteiger partial charge in [-0.15, -0.1) is 0 Å². The number of aromatic nitrogens is 1. The summed E-state index contributed by atoms with van der Waals surface area (Å²) in [6, 6.07) is 1.75. The largest absolute Gasteiger partial charge is 0.361 e. The summed E-state index contributed by atoms with van der Waals surface area (Å²) >= 11 is 0. The van der Waals surface area contributed by atoms with E-state index in [1.165, 1.54) is 0 Å². The zero-order valence-corrected chi connectivity index (χ0v) is 10.7. The maximum Gasteiger partial charge on any atom is 0.252 e. The van der Waals surface area contributed by atoms with Crippen LogP contribution in [0.1, 0.15) is 30.9 Å². The van der Waals surface area contributed by atoms with Crippen LogP contribution in [0.5, 0.6) is 0 Å². The Balaban J connectivity index is 2.69. The zero-order valence-electron chi connectivity index (χ0n) is 10.7. The molecule has 0 radical (unpaired) electrons. The Morgan fingerprint density at radius 2 is 2.06 bits per heavy atom. The number of pyridine rings is 1. The summed E-state index contributed by atoms with van der Waals surface area (Å²) in [4.78, 5) is 14.3. The predicted molar refractivity (Wildman–Crippen MR) is 70.5 cm³/mol. The summed E-state index contributed by atoms with van der Waals surface area (Å²) < 4.78 is 1.88. The molecule has 0 bridgehead atoms. The first-order chi connectivity index (χ1) is 8.19. The molecule has 4 heteroatoms. The van der Waals surface area contributed by atoms with Gasteiger partial charge >= 0.3 is 0 Å². The second-order valence-electron chi connectivity index (χ2n) is 4.65. The number of hydrogen-bond acceptors (Lipinski definition) is 3. The van der Waals surface area contributed by atoms with E-state index in [1.54, 1.807) is 6.07 Å². The van der Waals surface area contributed by atoms with Gasteiger partial charge in [0.2, 0.25) is 0 Å². The van der Waals surface area contributed by atoms with E-state index < -0.39 is 0 Å². The van der Waals surface area contributed by atoms with E-state index in [0.29, 0.717) is 6.54 Å². The van der Waals surface area contributed by atoms with Crippen LogP contribution in [0.4, 0.5) is 5.82 Å². The number of hydrogen-bond donors (Lipinski definition) is 1. The Kier molecular flexibility index (Phi) is 3.52. The van der Waals surface area contributed by atoms with Crippen LogP contribution in [0, 0.1) is 0 Å². The molecule has 2 rings (SSSR count). The monoisotopic (exact) mass is 235 g/mol. The van der Waals surface area contributed by atoms with E-state index in [2.05, 4.69) is 18.9 Å². The van der Waals surface area contributed by atoms with Gasteiger partial charge in [-0.1, -0.05) is 6.92 Å². The number of anilines is 1. The molecule has 0 aliphatic carbocycles. The quantitative estimate of drug-likeness (QED) is 0.835. The van der Waals surface area contributed by atoms with Gasteiger partial charge in [-0.05, 0) is 24.8 Å². The van der Waals surface area contributed by atoms with Gasteiger partial charge < -0.3 is 10.6 Å². The summed E-state index contributed by atoms with van der Waals surface area (Å²) in [6.45, 7) is 4.39. The molecule has 2 N–H and O–H groups in total. The van der Waals surface area contributed by atoms with Crippen LogP contribution in [0.3, 0.4) is 0 Å². The fourth-order valence-electron chi connectivity index (χ4n) is 2.64. The Morgan fingerprint density at radius 3 is 2.71 bits per heavy atom. The minimum Gasteiger partial charge on any atom is -0.361 e. The van der Waals surface area contributed by atoms with Crippen molar-refractivity contribution in [2.24, 2.45) is 5.73 Å². The summed E-state index contributed by atoms with van der Waals surface area (Å²) in [5.74, 6) is 1.04. The Hall–Kier alpha value is -1.29. The molecular weight excluding hydrogens is 214 g/mol. The maximum atomic E-state index is 12.1. The molecule has 0 unspecified atom stereocenters. The average Bonchev–Trinajstić information content (AvgIpc) is 2.52. The van der Waals surface area contributed by atoms with E-state index >= 15 is 0 Å². The lowest BCUT2D eigenvalue weighted by molar-refractivity contribution is 0.633. The minimum absolute atomic E-state index is 0.114. The third-order valence-electron chi connectivity index (χ3n) is 3.55. The Morgan fingerprint density at radius 1 is 1.35 bits per heavy atom. The van der Waals surface area contributed by atoms with Crippen LogP contribution >= 0.6 is 0 Å². The van der Waals surface area contributed by atoms with Gasteiger partial charge in [0.05, 0.1) is 0 Å². The van der Waals surface area contributed by atoms with Crippen molar-refractivity contribution in [3.8, 4) is 0 Å². The standard InChI is InChI=1S/C13H21N3O/c1-3-10-8-12(17)16-7-5-4-6-15(2)13(16)11(10)9-14/h8H,3-7,9,14H2,1-2H3. The lowest BCUT2D eigenvalue weighted by atomic mass is 10.1.